The minimum atomic E-state index is 0.522. The van der Waals surface area contributed by atoms with Gasteiger partial charge in [0.1, 0.15) is 0 Å². The summed E-state index contributed by atoms with van der Waals surface area (Å²) in [6.45, 7) is 4.48. The van der Waals surface area contributed by atoms with E-state index in [2.05, 4.69) is 34.4 Å². The molecule has 2 aromatic rings. The summed E-state index contributed by atoms with van der Waals surface area (Å²) < 4.78 is 0.907. The third kappa shape index (κ3) is 4.22. The lowest BCUT2D eigenvalue weighted by atomic mass is 10.1. The van der Waals surface area contributed by atoms with Crippen LogP contribution in [0.1, 0.15) is 31.0 Å². The van der Waals surface area contributed by atoms with Crippen molar-refractivity contribution in [3.63, 3.8) is 0 Å². The second kappa shape index (κ2) is 6.49. The van der Waals surface area contributed by atoms with Gasteiger partial charge in [-0.15, -0.1) is 21.5 Å². The average Bonchev–Trinajstić information content (AvgIpc) is 2.93. The predicted molar refractivity (Wildman–Crippen MR) is 79.2 cm³/mol. The van der Waals surface area contributed by atoms with Crippen LogP contribution >= 0.6 is 34.4 Å². The molecule has 0 aromatic carbocycles. The first kappa shape index (κ1) is 13.8. The van der Waals surface area contributed by atoms with Crippen LogP contribution in [-0.4, -0.2) is 15.2 Å². The smallest absolute Gasteiger partial charge is 0.203 e. The third-order valence-corrected chi connectivity index (χ3v) is 5.18. The molecule has 0 aliphatic heterocycles. The molecule has 0 spiro atoms. The second-order valence-corrected chi connectivity index (χ2v) is 7.53. The van der Waals surface area contributed by atoms with Crippen LogP contribution in [0, 0.1) is 5.92 Å². The molecule has 2 aromatic heterocycles. The number of thiazole rings is 1. The minimum Gasteiger partial charge on any atom is -0.374 e. The van der Waals surface area contributed by atoms with E-state index in [1.807, 2.05) is 0 Å². The SMILES string of the molecule is CC(C)CCc1nc(CSc2nnc(N)s2)cs1. The van der Waals surface area contributed by atoms with Gasteiger partial charge in [0.05, 0.1) is 10.7 Å². The van der Waals surface area contributed by atoms with Crippen LogP contribution in [0.15, 0.2) is 9.72 Å². The molecule has 0 radical (unpaired) electrons. The maximum Gasteiger partial charge on any atom is 0.203 e. The van der Waals surface area contributed by atoms with Crippen LogP contribution in [-0.2, 0) is 12.2 Å². The molecular formula is C11H16N4S3. The van der Waals surface area contributed by atoms with Crippen molar-refractivity contribution in [3.05, 3.63) is 16.1 Å². The number of nitrogen functional groups attached to an aromatic ring is 1. The lowest BCUT2D eigenvalue weighted by Crippen LogP contribution is -1.92. The van der Waals surface area contributed by atoms with E-state index in [0.29, 0.717) is 5.13 Å². The van der Waals surface area contributed by atoms with Gasteiger partial charge in [-0.05, 0) is 18.8 Å². The third-order valence-electron chi connectivity index (χ3n) is 2.30. The quantitative estimate of drug-likeness (QED) is 0.828. The number of nitrogens with zero attached hydrogens (tertiary/aromatic N) is 3. The van der Waals surface area contributed by atoms with E-state index < -0.39 is 0 Å². The van der Waals surface area contributed by atoms with Crippen molar-refractivity contribution in [2.24, 2.45) is 5.92 Å². The summed E-state index contributed by atoms with van der Waals surface area (Å²) >= 11 is 4.81. The van der Waals surface area contributed by atoms with Crippen molar-refractivity contribution in [2.75, 3.05) is 5.73 Å². The Morgan fingerprint density at radius 1 is 1.39 bits per heavy atom. The Morgan fingerprint density at radius 2 is 2.22 bits per heavy atom. The van der Waals surface area contributed by atoms with Gasteiger partial charge in [0.15, 0.2) is 4.34 Å². The van der Waals surface area contributed by atoms with Crippen molar-refractivity contribution in [1.82, 2.24) is 15.2 Å². The summed E-state index contributed by atoms with van der Waals surface area (Å²) in [6.07, 6.45) is 2.28. The van der Waals surface area contributed by atoms with Crippen LogP contribution in [0.2, 0.25) is 0 Å². The molecule has 0 saturated carbocycles. The fourth-order valence-electron chi connectivity index (χ4n) is 1.36. The Kier molecular flexibility index (Phi) is 4.96. The highest BCUT2D eigenvalue weighted by Gasteiger charge is 2.06. The van der Waals surface area contributed by atoms with Crippen LogP contribution in [0.25, 0.3) is 0 Å². The summed E-state index contributed by atoms with van der Waals surface area (Å²) in [5.41, 5.74) is 6.66. The summed E-state index contributed by atoms with van der Waals surface area (Å²) in [6, 6.07) is 0. The first-order valence-corrected chi connectivity index (χ1v) is 8.46. The molecule has 0 aliphatic rings. The highest BCUT2D eigenvalue weighted by Crippen LogP contribution is 2.27. The predicted octanol–water partition coefficient (Wildman–Crippen LogP) is 3.46. The largest absolute Gasteiger partial charge is 0.374 e. The summed E-state index contributed by atoms with van der Waals surface area (Å²) in [5, 5.41) is 11.7. The molecule has 98 valence electrons. The van der Waals surface area contributed by atoms with Crippen molar-refractivity contribution < 1.29 is 0 Å². The zero-order chi connectivity index (χ0) is 13.0. The Balaban J connectivity index is 1.83. The highest BCUT2D eigenvalue weighted by molar-refractivity contribution is 8.00. The van der Waals surface area contributed by atoms with Gasteiger partial charge in [0.2, 0.25) is 5.13 Å². The van der Waals surface area contributed by atoms with Gasteiger partial charge in [0.25, 0.3) is 0 Å². The number of hydrogen-bond donors (Lipinski definition) is 1. The maximum absolute atomic E-state index is 5.54. The van der Waals surface area contributed by atoms with Crippen LogP contribution in [0.3, 0.4) is 0 Å². The summed E-state index contributed by atoms with van der Waals surface area (Å²) in [4.78, 5) is 4.63. The molecule has 0 saturated heterocycles. The molecule has 0 unspecified atom stereocenters. The zero-order valence-corrected chi connectivity index (χ0v) is 12.9. The molecule has 0 bridgehead atoms. The number of aromatic nitrogens is 3. The lowest BCUT2D eigenvalue weighted by molar-refractivity contribution is 0.585. The van der Waals surface area contributed by atoms with Crippen molar-refractivity contribution in [1.29, 1.82) is 0 Å². The van der Waals surface area contributed by atoms with Crippen LogP contribution in [0.5, 0.6) is 0 Å². The molecule has 0 fully saturated rings. The number of thioether (sulfide) groups is 1. The Hall–Kier alpha value is -0.660. The lowest BCUT2D eigenvalue weighted by Gasteiger charge is -2.00. The fraction of sp³-hybridized carbons (Fsp3) is 0.545. The first-order chi connectivity index (χ1) is 8.63. The van der Waals surface area contributed by atoms with E-state index >= 15 is 0 Å². The summed E-state index contributed by atoms with van der Waals surface area (Å²) in [5.74, 6) is 1.57. The number of aryl methyl sites for hydroxylation is 1. The molecule has 2 N–H and O–H groups in total. The van der Waals surface area contributed by atoms with Crippen molar-refractivity contribution in [2.45, 2.75) is 36.8 Å². The normalized spacial score (nSPS) is 11.3. The summed E-state index contributed by atoms with van der Waals surface area (Å²) in [7, 11) is 0. The molecule has 0 aliphatic carbocycles. The first-order valence-electron chi connectivity index (χ1n) is 5.78. The molecule has 4 nitrogen and oxygen atoms in total. The maximum atomic E-state index is 5.54. The van der Waals surface area contributed by atoms with E-state index in [1.165, 1.54) is 22.8 Å². The van der Waals surface area contributed by atoms with Gasteiger partial charge in [-0.2, -0.15) is 0 Å². The molecule has 18 heavy (non-hydrogen) atoms. The number of rotatable bonds is 6. The topological polar surface area (TPSA) is 64.7 Å². The van der Waals surface area contributed by atoms with Gasteiger partial charge in [-0.1, -0.05) is 36.9 Å². The molecule has 2 heterocycles. The monoisotopic (exact) mass is 300 g/mol. The van der Waals surface area contributed by atoms with Crippen LogP contribution in [0.4, 0.5) is 5.13 Å². The Labute approximate surface area is 119 Å². The standard InChI is InChI=1S/C11H16N4S3/c1-7(2)3-4-9-13-8(5-16-9)6-17-11-15-14-10(12)18-11/h5,7H,3-4,6H2,1-2H3,(H2,12,14). The van der Waals surface area contributed by atoms with Gasteiger partial charge in [-0.25, -0.2) is 4.98 Å². The number of nitrogens with two attached hydrogens (primary N) is 1. The molecular weight excluding hydrogens is 284 g/mol. The van der Waals surface area contributed by atoms with E-state index in [-0.39, 0.29) is 0 Å². The number of anilines is 1. The Bertz CT molecular complexity index is 492. The molecule has 2 rings (SSSR count). The second-order valence-electron chi connectivity index (χ2n) is 4.36. The van der Waals surface area contributed by atoms with E-state index in [0.717, 1.165) is 28.1 Å². The zero-order valence-electron chi connectivity index (χ0n) is 10.4. The molecule has 0 atom stereocenters. The van der Waals surface area contributed by atoms with E-state index in [1.54, 1.807) is 23.1 Å². The minimum absolute atomic E-state index is 0.522. The van der Waals surface area contributed by atoms with Crippen LogP contribution < -0.4 is 5.73 Å². The van der Waals surface area contributed by atoms with E-state index in [9.17, 15) is 0 Å². The van der Waals surface area contributed by atoms with Gasteiger partial charge in [0, 0.05) is 11.1 Å². The Morgan fingerprint density at radius 3 is 2.89 bits per heavy atom. The average molecular weight is 300 g/mol. The molecule has 0 amide bonds. The fourth-order valence-corrected chi connectivity index (χ4v) is 3.80. The van der Waals surface area contributed by atoms with Crippen molar-refractivity contribution in [3.8, 4) is 0 Å². The van der Waals surface area contributed by atoms with Gasteiger partial charge < -0.3 is 5.73 Å². The van der Waals surface area contributed by atoms with Gasteiger partial charge >= 0.3 is 0 Å². The highest BCUT2D eigenvalue weighted by atomic mass is 32.2. The van der Waals surface area contributed by atoms with Gasteiger partial charge in [-0.3, -0.25) is 0 Å². The van der Waals surface area contributed by atoms with Crippen molar-refractivity contribution >= 4 is 39.6 Å². The van der Waals surface area contributed by atoms with E-state index in [4.69, 9.17) is 5.73 Å². The molecule has 7 heteroatoms. The number of hydrogen-bond acceptors (Lipinski definition) is 7.